The Bertz CT molecular complexity index is 582. The lowest BCUT2D eigenvalue weighted by Crippen LogP contribution is -2.08. The number of nitrogens with zero attached hydrogens (tertiary/aromatic N) is 2. The van der Waals surface area contributed by atoms with Gasteiger partial charge in [0, 0.05) is 18.0 Å². The molecule has 1 heterocycles. The van der Waals surface area contributed by atoms with E-state index in [1.807, 2.05) is 13.0 Å². The summed E-state index contributed by atoms with van der Waals surface area (Å²) in [5.74, 6) is 0.613. The van der Waals surface area contributed by atoms with Gasteiger partial charge in [-0.1, -0.05) is 12.1 Å². The molecule has 0 aliphatic carbocycles. The predicted molar refractivity (Wildman–Crippen MR) is 69.6 cm³/mol. The number of hydrogen-bond acceptors (Lipinski definition) is 3. The Morgan fingerprint density at radius 2 is 2.15 bits per heavy atom. The minimum Gasteiger partial charge on any atom is -0.485 e. The quantitative estimate of drug-likeness (QED) is 0.916. The lowest BCUT2D eigenvalue weighted by Gasteiger charge is -2.14. The van der Waals surface area contributed by atoms with Crippen molar-refractivity contribution in [3.8, 4) is 5.75 Å². The van der Waals surface area contributed by atoms with Crippen LogP contribution < -0.4 is 4.74 Å². The number of aliphatic hydroxyl groups excluding tert-OH is 1. The van der Waals surface area contributed by atoms with Crippen molar-refractivity contribution in [1.29, 1.82) is 0 Å². The molecule has 20 heavy (non-hydrogen) atoms. The molecule has 2 aromatic rings. The molecule has 0 saturated heterocycles. The summed E-state index contributed by atoms with van der Waals surface area (Å²) in [6, 6.07) is 5.38. The average molecular weight is 282 g/mol. The molecule has 0 aliphatic rings. The van der Waals surface area contributed by atoms with Crippen LogP contribution in [-0.4, -0.2) is 14.7 Å². The largest absolute Gasteiger partial charge is 0.485 e. The summed E-state index contributed by atoms with van der Waals surface area (Å²) in [5, 5.41) is 9.67. The summed E-state index contributed by atoms with van der Waals surface area (Å²) in [6.07, 6.45) is 1.81. The van der Waals surface area contributed by atoms with Gasteiger partial charge >= 0.3 is 6.55 Å². The van der Waals surface area contributed by atoms with Crippen LogP contribution in [0.2, 0.25) is 0 Å². The summed E-state index contributed by atoms with van der Waals surface area (Å²) < 4.78 is 31.7. The molecular weight excluding hydrogens is 266 g/mol. The van der Waals surface area contributed by atoms with Gasteiger partial charge in [0.2, 0.25) is 0 Å². The number of aryl methyl sites for hydroxylation is 1. The lowest BCUT2D eigenvalue weighted by atomic mass is 10.1. The van der Waals surface area contributed by atoms with Crippen molar-refractivity contribution < 1.29 is 18.6 Å². The van der Waals surface area contributed by atoms with Gasteiger partial charge in [0.1, 0.15) is 12.4 Å². The second-order valence-electron chi connectivity index (χ2n) is 4.53. The third kappa shape index (κ3) is 3.14. The van der Waals surface area contributed by atoms with Crippen molar-refractivity contribution in [3.05, 3.63) is 47.5 Å². The van der Waals surface area contributed by atoms with Crippen LogP contribution in [0.25, 0.3) is 0 Å². The number of ether oxygens (including phenoxy) is 1. The number of alkyl halides is 2. The normalized spacial score (nSPS) is 12.7. The van der Waals surface area contributed by atoms with Gasteiger partial charge in [-0.2, -0.15) is 8.78 Å². The number of aliphatic hydroxyl groups is 1. The van der Waals surface area contributed by atoms with Crippen LogP contribution in [0.15, 0.2) is 30.6 Å². The highest BCUT2D eigenvalue weighted by Crippen LogP contribution is 2.27. The van der Waals surface area contributed by atoms with Crippen LogP contribution in [-0.2, 0) is 6.61 Å². The molecule has 6 heteroatoms. The topological polar surface area (TPSA) is 47.3 Å². The lowest BCUT2D eigenvalue weighted by molar-refractivity contribution is 0.0630. The smallest absolute Gasteiger partial charge is 0.320 e. The first kappa shape index (κ1) is 14.5. The minimum atomic E-state index is -2.65. The van der Waals surface area contributed by atoms with Gasteiger partial charge in [-0.15, -0.1) is 0 Å². The van der Waals surface area contributed by atoms with Crippen molar-refractivity contribution in [1.82, 2.24) is 9.55 Å². The van der Waals surface area contributed by atoms with E-state index < -0.39 is 12.7 Å². The van der Waals surface area contributed by atoms with E-state index in [-0.39, 0.29) is 12.4 Å². The van der Waals surface area contributed by atoms with E-state index in [1.54, 1.807) is 19.1 Å². The first-order valence-electron chi connectivity index (χ1n) is 6.20. The van der Waals surface area contributed by atoms with E-state index in [4.69, 9.17) is 4.74 Å². The highest BCUT2D eigenvalue weighted by molar-refractivity contribution is 5.38. The summed E-state index contributed by atoms with van der Waals surface area (Å²) in [5.41, 5.74) is 1.58. The maximum Gasteiger partial charge on any atom is 0.320 e. The Morgan fingerprint density at radius 3 is 2.80 bits per heavy atom. The van der Waals surface area contributed by atoms with Crippen LogP contribution >= 0.6 is 0 Å². The zero-order valence-electron chi connectivity index (χ0n) is 11.3. The molecule has 1 N–H and O–H groups in total. The van der Waals surface area contributed by atoms with Gasteiger partial charge < -0.3 is 9.84 Å². The molecule has 2 rings (SSSR count). The van der Waals surface area contributed by atoms with Crippen molar-refractivity contribution in [2.45, 2.75) is 33.1 Å². The summed E-state index contributed by atoms with van der Waals surface area (Å²) in [4.78, 5) is 3.84. The molecule has 0 spiro atoms. The molecule has 1 atom stereocenters. The van der Waals surface area contributed by atoms with E-state index in [2.05, 4.69) is 4.98 Å². The third-order valence-corrected chi connectivity index (χ3v) is 2.94. The second-order valence-corrected chi connectivity index (χ2v) is 4.53. The minimum absolute atomic E-state index is 0.0828. The Hall–Kier alpha value is -1.95. The molecular formula is C14H16F2N2O2. The molecule has 108 valence electrons. The van der Waals surface area contributed by atoms with E-state index in [1.165, 1.54) is 12.4 Å². The summed E-state index contributed by atoms with van der Waals surface area (Å²) in [6.45, 7) is 0.779. The van der Waals surface area contributed by atoms with E-state index >= 15 is 0 Å². The van der Waals surface area contributed by atoms with E-state index in [0.717, 1.165) is 10.1 Å². The SMILES string of the molecule is Cc1ccc([C@@H](C)O)c(OCc2nccn2C(F)F)c1. The number of benzene rings is 1. The van der Waals surface area contributed by atoms with Gasteiger partial charge in [0.15, 0.2) is 5.82 Å². The van der Waals surface area contributed by atoms with Gasteiger partial charge in [-0.05, 0) is 25.5 Å². The van der Waals surface area contributed by atoms with E-state index in [0.29, 0.717) is 11.3 Å². The number of imidazole rings is 1. The van der Waals surface area contributed by atoms with Crippen molar-refractivity contribution >= 4 is 0 Å². The van der Waals surface area contributed by atoms with Gasteiger partial charge in [0.25, 0.3) is 0 Å². The van der Waals surface area contributed by atoms with Crippen LogP contribution in [0.1, 0.15) is 36.5 Å². The maximum atomic E-state index is 12.7. The molecule has 4 nitrogen and oxygen atoms in total. The standard InChI is InChI=1S/C14H16F2N2O2/c1-9-3-4-11(10(2)19)12(7-9)20-8-13-17-5-6-18(13)14(15)16/h3-7,10,14,19H,8H2,1-2H3/t10-/m1/s1. The molecule has 0 saturated carbocycles. The number of rotatable bonds is 5. The number of halogens is 2. The Balaban J connectivity index is 2.18. The molecule has 0 aliphatic heterocycles. The fraction of sp³-hybridized carbons (Fsp3) is 0.357. The highest BCUT2D eigenvalue weighted by Gasteiger charge is 2.14. The zero-order valence-corrected chi connectivity index (χ0v) is 11.3. The summed E-state index contributed by atoms with van der Waals surface area (Å²) in [7, 11) is 0. The fourth-order valence-electron chi connectivity index (χ4n) is 1.89. The monoisotopic (exact) mass is 282 g/mol. The highest BCUT2D eigenvalue weighted by atomic mass is 19.3. The molecule has 0 bridgehead atoms. The Morgan fingerprint density at radius 1 is 1.40 bits per heavy atom. The van der Waals surface area contributed by atoms with Gasteiger partial charge in [-0.25, -0.2) is 4.98 Å². The van der Waals surface area contributed by atoms with Crippen molar-refractivity contribution in [3.63, 3.8) is 0 Å². The predicted octanol–water partition coefficient (Wildman–Crippen LogP) is 3.22. The fourth-order valence-corrected chi connectivity index (χ4v) is 1.89. The Labute approximate surface area is 115 Å². The van der Waals surface area contributed by atoms with Crippen molar-refractivity contribution in [2.75, 3.05) is 0 Å². The van der Waals surface area contributed by atoms with Crippen LogP contribution in [0.5, 0.6) is 5.75 Å². The number of aromatic nitrogens is 2. The molecule has 0 radical (unpaired) electrons. The number of hydrogen-bond donors (Lipinski definition) is 1. The first-order chi connectivity index (χ1) is 9.49. The van der Waals surface area contributed by atoms with Crippen molar-refractivity contribution in [2.24, 2.45) is 0 Å². The van der Waals surface area contributed by atoms with Gasteiger partial charge in [0.05, 0.1) is 6.10 Å². The molecule has 0 fully saturated rings. The zero-order chi connectivity index (χ0) is 14.7. The average Bonchev–Trinajstić information content (AvgIpc) is 2.84. The molecule has 1 aromatic heterocycles. The van der Waals surface area contributed by atoms with E-state index in [9.17, 15) is 13.9 Å². The Kier molecular flexibility index (Phi) is 4.34. The summed E-state index contributed by atoms with van der Waals surface area (Å²) >= 11 is 0. The molecule has 0 amide bonds. The molecule has 1 aromatic carbocycles. The molecule has 0 unspecified atom stereocenters. The maximum absolute atomic E-state index is 12.7. The first-order valence-corrected chi connectivity index (χ1v) is 6.20. The van der Waals surface area contributed by atoms with Crippen LogP contribution in [0, 0.1) is 6.92 Å². The second kappa shape index (κ2) is 6.00. The van der Waals surface area contributed by atoms with Crippen LogP contribution in [0.3, 0.4) is 0 Å². The van der Waals surface area contributed by atoms with Gasteiger partial charge in [-0.3, -0.25) is 4.57 Å². The van der Waals surface area contributed by atoms with Crippen LogP contribution in [0.4, 0.5) is 8.78 Å². The third-order valence-electron chi connectivity index (χ3n) is 2.94.